The van der Waals surface area contributed by atoms with Gasteiger partial charge in [-0.15, -0.1) is 0 Å². The summed E-state index contributed by atoms with van der Waals surface area (Å²) in [7, 11) is 0. The Morgan fingerprint density at radius 1 is 0.963 bits per heavy atom. The van der Waals surface area contributed by atoms with Crippen LogP contribution in [0.1, 0.15) is 69.6 Å². The normalized spacial score (nSPS) is 17.4. The van der Waals surface area contributed by atoms with Crippen LogP contribution in [0.3, 0.4) is 0 Å². The fourth-order valence-corrected chi connectivity index (χ4v) is 3.75. The maximum atomic E-state index is 15.1. The third-order valence-electron chi connectivity index (χ3n) is 5.29. The zero-order valence-electron chi connectivity index (χ0n) is 16.1. The number of fused-ring (bicyclic) bond motifs is 1. The molecule has 1 aliphatic rings. The molecule has 2 aromatic rings. The average molecular weight is 376 g/mol. The molecule has 0 amide bonds. The van der Waals surface area contributed by atoms with Gasteiger partial charge in [-0.1, -0.05) is 51.3 Å². The van der Waals surface area contributed by atoms with Crippen molar-refractivity contribution >= 4 is 10.8 Å². The molecule has 3 rings (SSSR count). The van der Waals surface area contributed by atoms with Crippen LogP contribution in [0.5, 0.6) is 0 Å². The Morgan fingerprint density at radius 3 is 2.44 bits per heavy atom. The lowest BCUT2D eigenvalue weighted by Gasteiger charge is -2.24. The van der Waals surface area contributed by atoms with Crippen molar-refractivity contribution in [2.75, 3.05) is 6.61 Å². The smallest absolute Gasteiger partial charge is 0.169 e. The van der Waals surface area contributed by atoms with Crippen LogP contribution in [0.25, 0.3) is 10.8 Å². The molecule has 2 aromatic carbocycles. The summed E-state index contributed by atoms with van der Waals surface area (Å²) in [4.78, 5) is 0. The lowest BCUT2D eigenvalue weighted by atomic mass is 9.95. The highest BCUT2D eigenvalue weighted by molar-refractivity contribution is 5.85. The number of unbranched alkanes of at least 4 members (excludes halogenated alkanes) is 2. The highest BCUT2D eigenvalue weighted by Gasteiger charge is 2.24. The molecule has 0 radical (unpaired) electrons. The monoisotopic (exact) mass is 376 g/mol. The average Bonchev–Trinajstić information content (AvgIpc) is 2.67. The molecule has 0 spiro atoms. The quantitative estimate of drug-likeness (QED) is 0.367. The van der Waals surface area contributed by atoms with Gasteiger partial charge >= 0.3 is 0 Å². The number of halogens is 3. The lowest BCUT2D eigenvalue weighted by molar-refractivity contribution is 0.0574. The molecule has 1 aliphatic heterocycles. The van der Waals surface area contributed by atoms with E-state index in [0.29, 0.717) is 42.4 Å². The van der Waals surface area contributed by atoms with Gasteiger partial charge in [0.15, 0.2) is 11.6 Å². The van der Waals surface area contributed by atoms with Crippen LogP contribution >= 0.6 is 0 Å². The molecule has 0 fully saturated rings. The van der Waals surface area contributed by atoms with E-state index in [1.807, 2.05) is 6.92 Å². The van der Waals surface area contributed by atoms with Crippen LogP contribution in [0.4, 0.5) is 13.2 Å². The van der Waals surface area contributed by atoms with Crippen LogP contribution in [-0.4, -0.2) is 6.61 Å². The van der Waals surface area contributed by atoms with Crippen LogP contribution in [0.2, 0.25) is 0 Å². The summed E-state index contributed by atoms with van der Waals surface area (Å²) in [5, 5.41) is 0.122. The Labute approximate surface area is 159 Å². The second kappa shape index (κ2) is 8.92. The van der Waals surface area contributed by atoms with E-state index >= 15 is 4.39 Å². The molecule has 0 saturated carbocycles. The van der Waals surface area contributed by atoms with E-state index in [0.717, 1.165) is 12.8 Å². The summed E-state index contributed by atoms with van der Waals surface area (Å²) in [6.45, 7) is 4.53. The van der Waals surface area contributed by atoms with Gasteiger partial charge in [0.2, 0.25) is 0 Å². The Hall–Kier alpha value is -1.81. The van der Waals surface area contributed by atoms with Crippen LogP contribution < -0.4 is 0 Å². The highest BCUT2D eigenvalue weighted by atomic mass is 19.2. The number of benzene rings is 2. The molecule has 27 heavy (non-hydrogen) atoms. The Bertz CT molecular complexity index is 841. The molecule has 0 saturated heterocycles. The molecule has 0 aliphatic carbocycles. The molecular formula is C23H27F3O. The first-order valence-corrected chi connectivity index (χ1v) is 9.95. The molecule has 0 aromatic heterocycles. The number of ether oxygens (including phenoxy) is 1. The van der Waals surface area contributed by atoms with E-state index in [1.165, 1.54) is 18.4 Å². The van der Waals surface area contributed by atoms with Gasteiger partial charge in [0, 0.05) is 5.56 Å². The summed E-state index contributed by atoms with van der Waals surface area (Å²) < 4.78 is 49.7. The van der Waals surface area contributed by atoms with E-state index in [9.17, 15) is 8.78 Å². The largest absolute Gasteiger partial charge is 0.369 e. The van der Waals surface area contributed by atoms with Gasteiger partial charge in [0.05, 0.1) is 18.1 Å². The Morgan fingerprint density at radius 2 is 1.78 bits per heavy atom. The van der Waals surface area contributed by atoms with Gasteiger partial charge in [-0.25, -0.2) is 13.2 Å². The predicted molar refractivity (Wildman–Crippen MR) is 103 cm³/mol. The molecule has 1 heterocycles. The fraction of sp³-hybridized carbons (Fsp3) is 0.478. The molecule has 1 unspecified atom stereocenters. The first-order valence-electron chi connectivity index (χ1n) is 9.95. The summed E-state index contributed by atoms with van der Waals surface area (Å²) in [5.74, 6) is -2.75. The fourth-order valence-electron chi connectivity index (χ4n) is 3.75. The van der Waals surface area contributed by atoms with Gasteiger partial charge in [-0.05, 0) is 48.3 Å². The minimum absolute atomic E-state index is 0.272. The summed E-state index contributed by atoms with van der Waals surface area (Å²) >= 11 is 0. The maximum absolute atomic E-state index is 15.1. The van der Waals surface area contributed by atoms with E-state index in [-0.39, 0.29) is 5.39 Å². The topological polar surface area (TPSA) is 9.23 Å². The SMILES string of the molecule is CCCCCC1=CCC(c2ccc3cc(CCC)c(F)c(F)c3c2F)OC1. The number of aryl methyl sites for hydroxylation is 1. The summed E-state index contributed by atoms with van der Waals surface area (Å²) in [6.07, 6.45) is 7.82. The van der Waals surface area contributed by atoms with Gasteiger partial charge in [-0.2, -0.15) is 0 Å². The van der Waals surface area contributed by atoms with Crippen molar-refractivity contribution in [3.05, 3.63) is 58.4 Å². The third kappa shape index (κ3) is 4.21. The van der Waals surface area contributed by atoms with Gasteiger partial charge in [-0.3, -0.25) is 0 Å². The third-order valence-corrected chi connectivity index (χ3v) is 5.29. The highest BCUT2D eigenvalue weighted by Crippen LogP contribution is 2.35. The second-order valence-electron chi connectivity index (χ2n) is 7.34. The van der Waals surface area contributed by atoms with Crippen molar-refractivity contribution in [2.45, 2.75) is 64.9 Å². The molecule has 0 N–H and O–H groups in total. The maximum Gasteiger partial charge on any atom is 0.169 e. The standard InChI is InChI=1S/C23H27F3O/c1-3-5-6-8-15-9-12-19(27-14-15)18-11-10-16-13-17(7-4-2)21(24)23(26)20(16)22(18)25/h9-11,13,19H,3-8,12,14H2,1-2H3. The van der Waals surface area contributed by atoms with Crippen molar-refractivity contribution in [2.24, 2.45) is 0 Å². The zero-order chi connectivity index (χ0) is 19.4. The predicted octanol–water partition coefficient (Wildman–Crippen LogP) is 7.18. The van der Waals surface area contributed by atoms with Crippen molar-refractivity contribution in [3.8, 4) is 0 Å². The lowest BCUT2D eigenvalue weighted by Crippen LogP contribution is -2.14. The van der Waals surface area contributed by atoms with E-state index in [2.05, 4.69) is 13.0 Å². The van der Waals surface area contributed by atoms with Gasteiger partial charge in [0.25, 0.3) is 0 Å². The minimum Gasteiger partial charge on any atom is -0.369 e. The van der Waals surface area contributed by atoms with Gasteiger partial charge < -0.3 is 4.74 Å². The van der Waals surface area contributed by atoms with Crippen molar-refractivity contribution in [1.82, 2.24) is 0 Å². The van der Waals surface area contributed by atoms with Crippen molar-refractivity contribution < 1.29 is 17.9 Å². The first kappa shape index (κ1) is 19.9. The van der Waals surface area contributed by atoms with Gasteiger partial charge in [0.1, 0.15) is 5.82 Å². The molecule has 146 valence electrons. The molecule has 0 bridgehead atoms. The summed E-state index contributed by atoms with van der Waals surface area (Å²) in [6, 6.07) is 4.86. The van der Waals surface area contributed by atoms with Crippen LogP contribution in [0, 0.1) is 17.5 Å². The first-order chi connectivity index (χ1) is 13.1. The second-order valence-corrected chi connectivity index (χ2v) is 7.34. The summed E-state index contributed by atoms with van der Waals surface area (Å²) in [5.41, 5.74) is 1.83. The molecular weight excluding hydrogens is 349 g/mol. The number of hydrogen-bond acceptors (Lipinski definition) is 1. The van der Waals surface area contributed by atoms with Crippen LogP contribution in [-0.2, 0) is 11.2 Å². The van der Waals surface area contributed by atoms with Crippen molar-refractivity contribution in [3.63, 3.8) is 0 Å². The number of hydrogen-bond donors (Lipinski definition) is 0. The minimum atomic E-state index is -1.10. The zero-order valence-corrected chi connectivity index (χ0v) is 16.1. The Kier molecular flexibility index (Phi) is 6.59. The Balaban J connectivity index is 1.87. The number of rotatable bonds is 7. The van der Waals surface area contributed by atoms with Crippen molar-refractivity contribution in [1.29, 1.82) is 0 Å². The van der Waals surface area contributed by atoms with E-state index in [4.69, 9.17) is 4.74 Å². The molecule has 4 heteroatoms. The van der Waals surface area contributed by atoms with Crippen LogP contribution in [0.15, 0.2) is 29.8 Å². The molecule has 1 atom stereocenters. The molecule has 1 nitrogen and oxygen atoms in total. The van der Waals surface area contributed by atoms with E-state index < -0.39 is 23.6 Å². The van der Waals surface area contributed by atoms with E-state index in [1.54, 1.807) is 18.2 Å².